The van der Waals surface area contributed by atoms with Crippen molar-refractivity contribution >= 4 is 17.0 Å². The molecule has 4 aliphatic carbocycles. The number of nitrogens with one attached hydrogen (secondary N) is 2. The molecule has 0 aromatic heterocycles. The van der Waals surface area contributed by atoms with E-state index in [1.807, 2.05) is 0 Å². The van der Waals surface area contributed by atoms with Gasteiger partial charge >= 0.3 is 6.03 Å². The van der Waals surface area contributed by atoms with Gasteiger partial charge in [-0.25, -0.2) is 9.00 Å². The number of urea groups is 1. The second-order valence-corrected chi connectivity index (χ2v) is 16.0. The van der Waals surface area contributed by atoms with Crippen LogP contribution in [0, 0.1) is 52.3 Å². The summed E-state index contributed by atoms with van der Waals surface area (Å²) in [4.78, 5) is 13.1. The highest BCUT2D eigenvalue weighted by atomic mass is 32.2. The van der Waals surface area contributed by atoms with Crippen molar-refractivity contribution in [2.24, 2.45) is 52.3 Å². The maximum atomic E-state index is 12.8. The standard InChI is InChI=1S/C34H52N2O6S/c1-5-23-27-18-21(37)10-13-34(27,4)26-11-14-33(3)24(7-8-25(33)30(26)31(23)38)20(2)12-15-35-32(39)36-43(40)22-6-9-28-29(19-22)42-17-16-41-28/h6,9,19-21,23-27,30-31,37-38H,5,7-8,10-18H2,1-4H3,(H2,35,36,39)/t20-,21-,23-,24-,25+,26+,27+,30+,31-,33-,34-,43?/m1/s1. The summed E-state index contributed by atoms with van der Waals surface area (Å²) in [5.41, 5.74) is 0.408. The summed E-state index contributed by atoms with van der Waals surface area (Å²) in [5.74, 6) is 4.26. The number of carbonyl (C=O) groups is 1. The number of rotatable bonds is 7. The maximum absolute atomic E-state index is 12.8. The van der Waals surface area contributed by atoms with Gasteiger partial charge in [0, 0.05) is 12.6 Å². The Labute approximate surface area is 259 Å². The summed E-state index contributed by atoms with van der Waals surface area (Å²) < 4.78 is 26.4. The van der Waals surface area contributed by atoms with Crippen molar-refractivity contribution in [3.05, 3.63) is 18.2 Å². The van der Waals surface area contributed by atoms with Gasteiger partial charge in [0.2, 0.25) is 0 Å². The molecule has 0 radical (unpaired) electrons. The van der Waals surface area contributed by atoms with E-state index in [1.54, 1.807) is 18.2 Å². The lowest BCUT2D eigenvalue weighted by atomic mass is 9.41. The number of aliphatic hydroxyl groups is 2. The van der Waals surface area contributed by atoms with Crippen molar-refractivity contribution in [3.8, 4) is 11.5 Å². The Morgan fingerprint density at radius 3 is 2.51 bits per heavy atom. The predicted octanol–water partition coefficient (Wildman–Crippen LogP) is 5.43. The quantitative estimate of drug-likeness (QED) is 0.325. The topological polar surface area (TPSA) is 117 Å². The molecule has 0 spiro atoms. The van der Waals surface area contributed by atoms with Crippen LogP contribution in [-0.4, -0.2) is 52.4 Å². The summed E-state index contributed by atoms with van der Waals surface area (Å²) in [5, 5.41) is 25.4. The minimum atomic E-state index is -1.70. The van der Waals surface area contributed by atoms with E-state index in [4.69, 9.17) is 9.47 Å². The first kappa shape index (κ1) is 31.2. The Bertz CT molecular complexity index is 1210. The Morgan fingerprint density at radius 2 is 1.74 bits per heavy atom. The van der Waals surface area contributed by atoms with E-state index < -0.39 is 17.0 Å². The molecule has 0 saturated heterocycles. The second kappa shape index (κ2) is 12.2. The van der Waals surface area contributed by atoms with Gasteiger partial charge in [-0.3, -0.25) is 4.72 Å². The van der Waals surface area contributed by atoms with Crippen LogP contribution in [0.25, 0.3) is 0 Å². The minimum Gasteiger partial charge on any atom is -0.486 e. The molecule has 1 unspecified atom stereocenters. The first-order valence-corrected chi connectivity index (χ1v) is 17.9. The van der Waals surface area contributed by atoms with E-state index in [1.165, 1.54) is 25.7 Å². The van der Waals surface area contributed by atoms with Crippen molar-refractivity contribution in [1.29, 1.82) is 0 Å². The van der Waals surface area contributed by atoms with Gasteiger partial charge in [0.15, 0.2) is 22.5 Å². The van der Waals surface area contributed by atoms with Crippen LogP contribution in [0.3, 0.4) is 0 Å². The molecule has 1 aromatic rings. The highest BCUT2D eigenvalue weighted by Gasteiger charge is 2.64. The lowest BCUT2D eigenvalue weighted by Gasteiger charge is -2.64. The maximum Gasteiger partial charge on any atom is 0.326 e. The summed E-state index contributed by atoms with van der Waals surface area (Å²) in [7, 11) is -1.70. The van der Waals surface area contributed by atoms with E-state index in [-0.39, 0.29) is 29.0 Å². The Kier molecular flexibility index (Phi) is 8.81. The lowest BCUT2D eigenvalue weighted by Crippen LogP contribution is -2.62. The molecule has 5 aliphatic rings. The van der Waals surface area contributed by atoms with Gasteiger partial charge in [0.1, 0.15) is 13.2 Å². The molecule has 43 heavy (non-hydrogen) atoms. The van der Waals surface area contributed by atoms with Gasteiger partial charge in [-0.05, 0) is 116 Å². The van der Waals surface area contributed by atoms with Crippen LogP contribution in [0.2, 0.25) is 0 Å². The fourth-order valence-electron chi connectivity index (χ4n) is 10.9. The largest absolute Gasteiger partial charge is 0.486 e. The first-order chi connectivity index (χ1) is 20.6. The Balaban J connectivity index is 1.05. The molecule has 12 atom stereocenters. The molecule has 9 heteroatoms. The summed E-state index contributed by atoms with van der Waals surface area (Å²) in [6.07, 6.45) is 8.89. The summed E-state index contributed by atoms with van der Waals surface area (Å²) in [6, 6.07) is 4.62. The zero-order chi connectivity index (χ0) is 30.5. The third kappa shape index (κ3) is 5.50. The third-order valence-corrected chi connectivity index (χ3v) is 14.0. The number of ether oxygens (including phenoxy) is 2. The van der Waals surface area contributed by atoms with Crippen LogP contribution in [0.5, 0.6) is 11.5 Å². The van der Waals surface area contributed by atoms with Crippen molar-refractivity contribution in [1.82, 2.24) is 10.0 Å². The number of hydrogen-bond acceptors (Lipinski definition) is 6. The van der Waals surface area contributed by atoms with E-state index >= 15 is 0 Å². The molecule has 240 valence electrons. The number of aliphatic hydroxyl groups excluding tert-OH is 2. The SMILES string of the molecule is CC[C@H]1[C@@H](O)[C@@H]2[C@H](CC[C@]3(C)[C@@H]([C@H](C)CCNC(=O)NS(=O)c4ccc5c(c4)OCCO5)CC[C@@H]23)[C@@]2(C)CC[C@@H](O)C[C@@H]12. The monoisotopic (exact) mass is 616 g/mol. The molecule has 1 aromatic carbocycles. The Hall–Kier alpha value is -1.84. The third-order valence-electron chi connectivity index (χ3n) is 12.9. The Morgan fingerprint density at radius 1 is 1.02 bits per heavy atom. The average Bonchev–Trinajstić information content (AvgIpc) is 3.35. The number of carbonyl (C=O) groups excluding carboxylic acids is 1. The zero-order valence-electron chi connectivity index (χ0n) is 26.3. The van der Waals surface area contributed by atoms with E-state index in [2.05, 4.69) is 37.7 Å². The van der Waals surface area contributed by atoms with E-state index in [9.17, 15) is 19.2 Å². The molecule has 8 nitrogen and oxygen atoms in total. The van der Waals surface area contributed by atoms with Crippen molar-refractivity contribution in [3.63, 3.8) is 0 Å². The fraction of sp³-hybridized carbons (Fsp3) is 0.794. The number of fused-ring (bicyclic) bond motifs is 6. The van der Waals surface area contributed by atoms with Crippen molar-refractivity contribution in [2.45, 2.75) is 103 Å². The van der Waals surface area contributed by atoms with Crippen LogP contribution in [-0.2, 0) is 11.0 Å². The number of amides is 2. The van der Waals surface area contributed by atoms with Gasteiger partial charge in [-0.1, -0.05) is 34.1 Å². The van der Waals surface area contributed by atoms with Crippen LogP contribution < -0.4 is 19.5 Å². The van der Waals surface area contributed by atoms with E-state index in [0.717, 1.165) is 32.1 Å². The van der Waals surface area contributed by atoms with Gasteiger partial charge in [-0.2, -0.15) is 0 Å². The van der Waals surface area contributed by atoms with Gasteiger partial charge in [0.25, 0.3) is 0 Å². The summed E-state index contributed by atoms with van der Waals surface area (Å²) in [6.45, 7) is 11.0. The average molecular weight is 617 g/mol. The van der Waals surface area contributed by atoms with Crippen LogP contribution in [0.15, 0.2) is 23.1 Å². The normalized spacial score (nSPS) is 41.3. The molecular weight excluding hydrogens is 564 g/mol. The molecule has 1 heterocycles. The van der Waals surface area contributed by atoms with Gasteiger partial charge in [0.05, 0.1) is 17.1 Å². The van der Waals surface area contributed by atoms with Crippen molar-refractivity contribution < 1.29 is 28.7 Å². The highest BCUT2D eigenvalue weighted by Crippen LogP contribution is 2.69. The molecule has 0 bridgehead atoms. The van der Waals surface area contributed by atoms with Gasteiger partial charge < -0.3 is 25.0 Å². The number of benzene rings is 1. The van der Waals surface area contributed by atoms with Crippen LogP contribution in [0.4, 0.5) is 4.79 Å². The molecular formula is C34H52N2O6S. The fourth-order valence-corrected chi connectivity index (χ4v) is 11.6. The van der Waals surface area contributed by atoms with Gasteiger partial charge in [-0.15, -0.1) is 0 Å². The predicted molar refractivity (Wildman–Crippen MR) is 166 cm³/mol. The molecule has 6 rings (SSSR count). The highest BCUT2D eigenvalue weighted by molar-refractivity contribution is 7.83. The molecule has 4 N–H and O–H groups in total. The molecule has 1 aliphatic heterocycles. The minimum absolute atomic E-state index is 0.194. The van der Waals surface area contributed by atoms with E-state index in [0.29, 0.717) is 71.7 Å². The summed E-state index contributed by atoms with van der Waals surface area (Å²) >= 11 is 0. The van der Waals surface area contributed by atoms with Crippen LogP contribution >= 0.6 is 0 Å². The molecule has 4 saturated carbocycles. The lowest BCUT2D eigenvalue weighted by molar-refractivity contribution is -0.203. The van der Waals surface area contributed by atoms with Crippen molar-refractivity contribution in [2.75, 3.05) is 19.8 Å². The molecule has 2 amide bonds. The first-order valence-electron chi connectivity index (χ1n) is 16.8. The number of hydrogen-bond donors (Lipinski definition) is 4. The molecule has 4 fully saturated rings. The zero-order valence-corrected chi connectivity index (χ0v) is 27.2. The van der Waals surface area contributed by atoms with Crippen LogP contribution in [0.1, 0.15) is 85.5 Å². The second-order valence-electron chi connectivity index (χ2n) is 14.8. The smallest absolute Gasteiger partial charge is 0.326 e.